The number of anilines is 3. The van der Waals surface area contributed by atoms with Crippen LogP contribution in [-0.4, -0.2) is 0 Å². The number of nitrogens with zero attached hydrogens (tertiary/aromatic N) is 1. The summed E-state index contributed by atoms with van der Waals surface area (Å²) in [4.78, 5) is 2.41. The van der Waals surface area contributed by atoms with E-state index in [4.69, 9.17) is 0 Å². The molecular formula is C53H39N. The van der Waals surface area contributed by atoms with Gasteiger partial charge < -0.3 is 4.90 Å². The molecular weight excluding hydrogens is 651 g/mol. The Balaban J connectivity index is 1.13. The molecule has 9 aromatic rings. The van der Waals surface area contributed by atoms with Gasteiger partial charge in [-0.1, -0.05) is 178 Å². The van der Waals surface area contributed by atoms with Crippen LogP contribution in [0, 0.1) is 0 Å². The third kappa shape index (κ3) is 5.24. The minimum Gasteiger partial charge on any atom is -0.310 e. The molecule has 0 N–H and O–H groups in total. The molecule has 0 spiro atoms. The summed E-state index contributed by atoms with van der Waals surface area (Å²) in [6, 6.07) is 73.3. The molecule has 0 heterocycles. The molecule has 256 valence electrons. The second-order valence-corrected chi connectivity index (χ2v) is 14.9. The first kappa shape index (κ1) is 32.0. The summed E-state index contributed by atoms with van der Waals surface area (Å²) >= 11 is 0. The van der Waals surface area contributed by atoms with Crippen molar-refractivity contribution in [2.45, 2.75) is 19.3 Å². The standard InChI is InChI=1S/C53H39N/c1-53(2)50-34-33-43(35-49(50)52-48(23-12-24-51(52)53)38-13-4-3-5-14-38)54(41-29-25-39(26-30-41)46-21-10-17-36-15-6-8-19-44(36)46)42-31-27-40(28-32-42)47-22-11-18-37-16-7-9-20-45(37)47/h3-35H,1-2H3. The first-order chi connectivity index (χ1) is 26.5. The fourth-order valence-electron chi connectivity index (χ4n) is 8.77. The Labute approximate surface area is 317 Å². The highest BCUT2D eigenvalue weighted by Gasteiger charge is 2.37. The topological polar surface area (TPSA) is 3.24 Å². The van der Waals surface area contributed by atoms with Crippen molar-refractivity contribution >= 4 is 38.6 Å². The van der Waals surface area contributed by atoms with Gasteiger partial charge in [0, 0.05) is 22.5 Å². The van der Waals surface area contributed by atoms with Gasteiger partial charge in [-0.05, 0) is 114 Å². The van der Waals surface area contributed by atoms with Crippen LogP contribution in [0.15, 0.2) is 200 Å². The summed E-state index contributed by atoms with van der Waals surface area (Å²) in [5, 5.41) is 5.04. The van der Waals surface area contributed by atoms with Gasteiger partial charge in [0.05, 0.1) is 0 Å². The molecule has 0 radical (unpaired) electrons. The molecule has 1 aliphatic carbocycles. The molecule has 0 atom stereocenters. The predicted molar refractivity (Wildman–Crippen MR) is 230 cm³/mol. The van der Waals surface area contributed by atoms with Crippen molar-refractivity contribution in [1.29, 1.82) is 0 Å². The monoisotopic (exact) mass is 689 g/mol. The largest absolute Gasteiger partial charge is 0.310 e. The highest BCUT2D eigenvalue weighted by atomic mass is 15.1. The van der Waals surface area contributed by atoms with Gasteiger partial charge >= 0.3 is 0 Å². The summed E-state index contributed by atoms with van der Waals surface area (Å²) < 4.78 is 0. The SMILES string of the molecule is CC1(C)c2ccc(N(c3ccc(-c4cccc5ccccc45)cc3)c3ccc(-c4cccc5ccccc45)cc3)cc2-c2c(-c3ccccc3)cccc21. The Morgan fingerprint density at radius 3 is 1.39 bits per heavy atom. The molecule has 54 heavy (non-hydrogen) atoms. The van der Waals surface area contributed by atoms with E-state index >= 15 is 0 Å². The molecule has 1 heteroatoms. The average molecular weight is 690 g/mol. The van der Waals surface area contributed by atoms with Crippen LogP contribution in [0.4, 0.5) is 17.1 Å². The van der Waals surface area contributed by atoms with Crippen molar-refractivity contribution in [3.63, 3.8) is 0 Å². The average Bonchev–Trinajstić information content (AvgIpc) is 3.47. The molecule has 0 amide bonds. The molecule has 0 fully saturated rings. The molecule has 1 nitrogen and oxygen atoms in total. The second kappa shape index (κ2) is 12.8. The summed E-state index contributed by atoms with van der Waals surface area (Å²) in [6.45, 7) is 4.73. The lowest BCUT2D eigenvalue weighted by atomic mass is 9.82. The zero-order valence-electron chi connectivity index (χ0n) is 30.5. The van der Waals surface area contributed by atoms with E-state index in [1.807, 2.05) is 0 Å². The summed E-state index contributed by atoms with van der Waals surface area (Å²) in [6.07, 6.45) is 0. The Morgan fingerprint density at radius 2 is 0.796 bits per heavy atom. The Kier molecular flexibility index (Phi) is 7.56. The second-order valence-electron chi connectivity index (χ2n) is 14.9. The van der Waals surface area contributed by atoms with Gasteiger partial charge in [0.25, 0.3) is 0 Å². The number of benzene rings is 9. The predicted octanol–water partition coefficient (Wildman–Crippen LogP) is 14.8. The lowest BCUT2D eigenvalue weighted by molar-refractivity contribution is 0.660. The summed E-state index contributed by atoms with van der Waals surface area (Å²) in [5.74, 6) is 0. The van der Waals surface area contributed by atoms with Crippen LogP contribution in [0.25, 0.3) is 66.1 Å². The summed E-state index contributed by atoms with van der Waals surface area (Å²) in [7, 11) is 0. The van der Waals surface area contributed by atoms with E-state index in [0.717, 1.165) is 17.1 Å². The Bertz CT molecular complexity index is 2690. The fraction of sp³-hybridized carbons (Fsp3) is 0.0566. The van der Waals surface area contributed by atoms with Crippen LogP contribution in [0.3, 0.4) is 0 Å². The maximum absolute atomic E-state index is 2.42. The zero-order chi connectivity index (χ0) is 36.2. The van der Waals surface area contributed by atoms with E-state index in [9.17, 15) is 0 Å². The lowest BCUT2D eigenvalue weighted by Crippen LogP contribution is -2.15. The van der Waals surface area contributed by atoms with E-state index in [1.54, 1.807) is 0 Å². The third-order valence-corrected chi connectivity index (χ3v) is 11.5. The molecule has 0 saturated carbocycles. The zero-order valence-corrected chi connectivity index (χ0v) is 30.5. The first-order valence-corrected chi connectivity index (χ1v) is 18.8. The minimum absolute atomic E-state index is 0.112. The van der Waals surface area contributed by atoms with Gasteiger partial charge in [0.15, 0.2) is 0 Å². The molecule has 1 aliphatic rings. The molecule has 0 aliphatic heterocycles. The highest BCUT2D eigenvalue weighted by molar-refractivity contribution is 5.99. The van der Waals surface area contributed by atoms with Crippen LogP contribution in [0.5, 0.6) is 0 Å². The van der Waals surface area contributed by atoms with Gasteiger partial charge in [-0.15, -0.1) is 0 Å². The van der Waals surface area contributed by atoms with E-state index in [-0.39, 0.29) is 5.41 Å². The van der Waals surface area contributed by atoms with Gasteiger partial charge in [-0.25, -0.2) is 0 Å². The molecule has 9 aromatic carbocycles. The molecule has 0 saturated heterocycles. The quantitative estimate of drug-likeness (QED) is 0.168. The van der Waals surface area contributed by atoms with Crippen molar-refractivity contribution < 1.29 is 0 Å². The highest BCUT2D eigenvalue weighted by Crippen LogP contribution is 2.53. The number of fused-ring (bicyclic) bond motifs is 5. The smallest absolute Gasteiger partial charge is 0.0468 e. The van der Waals surface area contributed by atoms with Crippen molar-refractivity contribution in [1.82, 2.24) is 0 Å². The van der Waals surface area contributed by atoms with Gasteiger partial charge in [0.1, 0.15) is 0 Å². The third-order valence-electron chi connectivity index (χ3n) is 11.5. The van der Waals surface area contributed by atoms with Crippen LogP contribution < -0.4 is 4.90 Å². The van der Waals surface area contributed by atoms with E-state index in [0.29, 0.717) is 0 Å². The first-order valence-electron chi connectivity index (χ1n) is 18.8. The van der Waals surface area contributed by atoms with E-state index in [1.165, 1.54) is 77.2 Å². The van der Waals surface area contributed by atoms with Crippen LogP contribution in [0.2, 0.25) is 0 Å². The van der Waals surface area contributed by atoms with Gasteiger partial charge in [-0.2, -0.15) is 0 Å². The maximum Gasteiger partial charge on any atom is 0.0468 e. The molecule has 10 rings (SSSR count). The number of rotatable bonds is 6. The van der Waals surface area contributed by atoms with Crippen molar-refractivity contribution in [3.8, 4) is 44.5 Å². The number of hydrogen-bond acceptors (Lipinski definition) is 1. The summed E-state index contributed by atoms with van der Waals surface area (Å²) in [5.41, 5.74) is 16.1. The molecule has 0 bridgehead atoms. The van der Waals surface area contributed by atoms with Crippen molar-refractivity contribution in [3.05, 3.63) is 211 Å². The lowest BCUT2D eigenvalue weighted by Gasteiger charge is -2.27. The molecule has 0 aromatic heterocycles. The maximum atomic E-state index is 2.42. The minimum atomic E-state index is -0.112. The van der Waals surface area contributed by atoms with E-state index in [2.05, 4.69) is 219 Å². The fourth-order valence-corrected chi connectivity index (χ4v) is 8.77. The van der Waals surface area contributed by atoms with Crippen LogP contribution in [-0.2, 0) is 5.41 Å². The van der Waals surface area contributed by atoms with Crippen LogP contribution in [0.1, 0.15) is 25.0 Å². The van der Waals surface area contributed by atoms with Crippen molar-refractivity contribution in [2.75, 3.05) is 4.90 Å². The number of hydrogen-bond donors (Lipinski definition) is 0. The van der Waals surface area contributed by atoms with Gasteiger partial charge in [-0.3, -0.25) is 0 Å². The van der Waals surface area contributed by atoms with E-state index < -0.39 is 0 Å². The van der Waals surface area contributed by atoms with Gasteiger partial charge in [0.2, 0.25) is 0 Å². The Hall–Kier alpha value is -6.70. The van der Waals surface area contributed by atoms with Crippen LogP contribution >= 0.6 is 0 Å². The molecule has 0 unspecified atom stereocenters. The normalized spacial score (nSPS) is 12.8. The Morgan fingerprint density at radius 1 is 0.333 bits per heavy atom. The van der Waals surface area contributed by atoms with Crippen molar-refractivity contribution in [2.24, 2.45) is 0 Å².